The van der Waals surface area contributed by atoms with Crippen LogP contribution in [0.3, 0.4) is 0 Å². The van der Waals surface area contributed by atoms with Crippen molar-refractivity contribution in [1.29, 1.82) is 0 Å². The second kappa shape index (κ2) is 8.96. The SMILES string of the molecule is CCCCOC(=O)C(CC(F)(F)C(F)(F)C(F)(F)F)NC(=O)OC(C)(C)C. The van der Waals surface area contributed by atoms with Crippen molar-refractivity contribution in [3.63, 3.8) is 0 Å². The lowest BCUT2D eigenvalue weighted by Crippen LogP contribution is -2.56. The minimum absolute atomic E-state index is 0.289. The van der Waals surface area contributed by atoms with Gasteiger partial charge in [-0.15, -0.1) is 0 Å². The van der Waals surface area contributed by atoms with Crippen LogP contribution in [0.1, 0.15) is 47.0 Å². The van der Waals surface area contributed by atoms with Crippen LogP contribution in [0.15, 0.2) is 0 Å². The first-order valence-electron chi connectivity index (χ1n) is 7.93. The summed E-state index contributed by atoms with van der Waals surface area (Å²) in [6, 6.07) is -2.47. The standard InChI is InChI=1S/C15H22F7NO4/c1-5-6-7-26-10(24)9(23-11(25)27-12(2,3)4)8-13(16,17)14(18,19)15(20,21)22/h9H,5-8H2,1-4H3,(H,23,25). The molecule has 0 saturated carbocycles. The molecule has 0 fully saturated rings. The lowest BCUT2D eigenvalue weighted by atomic mass is 10.0. The zero-order chi connectivity index (χ0) is 21.7. The number of hydrogen-bond donors (Lipinski definition) is 1. The van der Waals surface area contributed by atoms with Gasteiger partial charge in [-0.2, -0.15) is 30.7 Å². The molecule has 0 spiro atoms. The van der Waals surface area contributed by atoms with Crippen LogP contribution < -0.4 is 5.32 Å². The predicted octanol–water partition coefficient (Wildman–Crippen LogP) is 4.45. The van der Waals surface area contributed by atoms with E-state index in [2.05, 4.69) is 4.74 Å². The van der Waals surface area contributed by atoms with Gasteiger partial charge in [0, 0.05) is 6.42 Å². The Morgan fingerprint density at radius 1 is 1.00 bits per heavy atom. The van der Waals surface area contributed by atoms with E-state index in [1.807, 2.05) is 0 Å². The molecule has 0 aliphatic rings. The van der Waals surface area contributed by atoms with Gasteiger partial charge in [0.05, 0.1) is 6.61 Å². The third-order valence-electron chi connectivity index (χ3n) is 2.99. The molecule has 27 heavy (non-hydrogen) atoms. The highest BCUT2D eigenvalue weighted by atomic mass is 19.4. The van der Waals surface area contributed by atoms with Crippen molar-refractivity contribution in [2.45, 2.75) is 76.6 Å². The van der Waals surface area contributed by atoms with E-state index in [0.29, 0.717) is 12.8 Å². The topological polar surface area (TPSA) is 64.6 Å². The normalized spacial score (nSPS) is 14.5. The molecular formula is C15H22F7NO4. The number of ether oxygens (including phenoxy) is 2. The summed E-state index contributed by atoms with van der Waals surface area (Å²) in [4.78, 5) is 23.5. The van der Waals surface area contributed by atoms with Crippen molar-refractivity contribution in [1.82, 2.24) is 5.32 Å². The van der Waals surface area contributed by atoms with Crippen LogP contribution in [0.5, 0.6) is 0 Å². The second-order valence-electron chi connectivity index (χ2n) is 6.70. The van der Waals surface area contributed by atoms with Crippen LogP contribution in [0.25, 0.3) is 0 Å². The number of halogens is 7. The Morgan fingerprint density at radius 2 is 1.52 bits per heavy atom. The van der Waals surface area contributed by atoms with Crippen molar-refractivity contribution in [3.8, 4) is 0 Å². The Labute approximate surface area is 151 Å². The van der Waals surface area contributed by atoms with Crippen molar-refractivity contribution < 1.29 is 49.8 Å². The van der Waals surface area contributed by atoms with Gasteiger partial charge < -0.3 is 14.8 Å². The van der Waals surface area contributed by atoms with Gasteiger partial charge in [-0.1, -0.05) is 13.3 Å². The molecule has 0 aromatic rings. The van der Waals surface area contributed by atoms with Crippen LogP contribution in [0, 0.1) is 0 Å². The minimum atomic E-state index is -6.56. The van der Waals surface area contributed by atoms with E-state index in [-0.39, 0.29) is 6.61 Å². The molecule has 0 bridgehead atoms. The van der Waals surface area contributed by atoms with Gasteiger partial charge >= 0.3 is 30.1 Å². The first-order valence-corrected chi connectivity index (χ1v) is 7.93. The van der Waals surface area contributed by atoms with Gasteiger partial charge in [-0.25, -0.2) is 9.59 Å². The third kappa shape index (κ3) is 7.79. The number of nitrogens with one attached hydrogen (secondary N) is 1. The highest BCUT2D eigenvalue weighted by Gasteiger charge is 2.73. The highest BCUT2D eigenvalue weighted by Crippen LogP contribution is 2.48. The molecule has 0 aliphatic carbocycles. The Morgan fingerprint density at radius 3 is 1.93 bits per heavy atom. The van der Waals surface area contributed by atoms with Crippen molar-refractivity contribution in [2.24, 2.45) is 0 Å². The number of amides is 1. The minimum Gasteiger partial charge on any atom is -0.464 e. The summed E-state index contributed by atoms with van der Waals surface area (Å²) in [5.74, 6) is -13.7. The number of alkyl halides is 7. The van der Waals surface area contributed by atoms with E-state index in [9.17, 15) is 40.3 Å². The number of carbonyl (C=O) groups is 2. The summed E-state index contributed by atoms with van der Waals surface area (Å²) in [6.07, 6.45) is -9.52. The second-order valence-corrected chi connectivity index (χ2v) is 6.70. The summed E-state index contributed by atoms with van der Waals surface area (Å²) >= 11 is 0. The molecule has 5 nitrogen and oxygen atoms in total. The summed E-state index contributed by atoms with van der Waals surface area (Å²) < 4.78 is 99.4. The Kier molecular flexibility index (Phi) is 8.38. The molecule has 1 amide bonds. The number of hydrogen-bond acceptors (Lipinski definition) is 4. The van der Waals surface area contributed by atoms with Crippen LogP contribution in [0.2, 0.25) is 0 Å². The first-order chi connectivity index (χ1) is 11.9. The molecule has 1 atom stereocenters. The van der Waals surface area contributed by atoms with Crippen molar-refractivity contribution in [2.75, 3.05) is 6.61 Å². The molecule has 0 radical (unpaired) electrons. The maximum Gasteiger partial charge on any atom is 0.459 e. The molecule has 1 N–H and O–H groups in total. The first kappa shape index (κ1) is 25.2. The van der Waals surface area contributed by atoms with Crippen molar-refractivity contribution in [3.05, 3.63) is 0 Å². The molecule has 0 aromatic heterocycles. The fourth-order valence-corrected chi connectivity index (χ4v) is 1.65. The lowest BCUT2D eigenvalue weighted by Gasteiger charge is -2.31. The Balaban J connectivity index is 5.46. The number of unbranched alkanes of at least 4 members (excludes halogenated alkanes) is 1. The van der Waals surface area contributed by atoms with E-state index in [4.69, 9.17) is 4.74 Å². The maximum absolute atomic E-state index is 13.6. The molecule has 160 valence electrons. The van der Waals surface area contributed by atoms with Gasteiger partial charge in [0.2, 0.25) is 0 Å². The largest absolute Gasteiger partial charge is 0.464 e. The van der Waals surface area contributed by atoms with Gasteiger partial charge in [0.15, 0.2) is 0 Å². The number of alkyl carbamates (subject to hydrolysis) is 1. The van der Waals surface area contributed by atoms with Gasteiger partial charge in [0.25, 0.3) is 0 Å². The van der Waals surface area contributed by atoms with Crippen LogP contribution in [-0.2, 0) is 14.3 Å². The van der Waals surface area contributed by atoms with Crippen LogP contribution in [-0.4, -0.2) is 48.3 Å². The van der Waals surface area contributed by atoms with Gasteiger partial charge in [-0.05, 0) is 27.2 Å². The number of carbonyl (C=O) groups excluding carboxylic acids is 2. The predicted molar refractivity (Wildman–Crippen MR) is 79.6 cm³/mol. The zero-order valence-electron chi connectivity index (χ0n) is 15.2. The summed E-state index contributed by atoms with van der Waals surface area (Å²) in [5.41, 5.74) is -1.14. The molecule has 0 saturated heterocycles. The average molecular weight is 413 g/mol. The van der Waals surface area contributed by atoms with E-state index < -0.39 is 48.1 Å². The highest BCUT2D eigenvalue weighted by molar-refractivity contribution is 5.81. The molecule has 1 unspecified atom stereocenters. The molecular weight excluding hydrogens is 391 g/mol. The number of rotatable bonds is 8. The Bertz CT molecular complexity index is 515. The van der Waals surface area contributed by atoms with Crippen molar-refractivity contribution >= 4 is 12.1 Å². The molecule has 0 heterocycles. The fraction of sp³-hybridized carbons (Fsp3) is 0.867. The molecule has 0 aliphatic heterocycles. The maximum atomic E-state index is 13.6. The third-order valence-corrected chi connectivity index (χ3v) is 2.99. The molecule has 0 aromatic carbocycles. The van der Waals surface area contributed by atoms with Gasteiger partial charge in [-0.3, -0.25) is 0 Å². The zero-order valence-corrected chi connectivity index (χ0v) is 15.2. The Hall–Kier alpha value is -1.75. The van der Waals surface area contributed by atoms with E-state index in [0.717, 1.165) is 0 Å². The summed E-state index contributed by atoms with van der Waals surface area (Å²) in [6.45, 7) is 5.56. The summed E-state index contributed by atoms with van der Waals surface area (Å²) in [7, 11) is 0. The lowest BCUT2D eigenvalue weighted by molar-refractivity contribution is -0.356. The van der Waals surface area contributed by atoms with Gasteiger partial charge in [0.1, 0.15) is 11.6 Å². The average Bonchev–Trinajstić information content (AvgIpc) is 2.43. The number of esters is 1. The van der Waals surface area contributed by atoms with E-state index >= 15 is 0 Å². The van der Waals surface area contributed by atoms with Crippen LogP contribution in [0.4, 0.5) is 35.5 Å². The van der Waals surface area contributed by atoms with Crippen LogP contribution >= 0.6 is 0 Å². The molecule has 12 heteroatoms. The smallest absolute Gasteiger partial charge is 0.459 e. The summed E-state index contributed by atoms with van der Waals surface area (Å²) in [5, 5.41) is 1.56. The fourth-order valence-electron chi connectivity index (χ4n) is 1.65. The molecule has 0 rings (SSSR count). The van der Waals surface area contributed by atoms with E-state index in [1.54, 1.807) is 12.2 Å². The quantitative estimate of drug-likeness (QED) is 0.363. The monoisotopic (exact) mass is 413 g/mol. The van der Waals surface area contributed by atoms with E-state index in [1.165, 1.54) is 20.8 Å².